The zero-order valence-corrected chi connectivity index (χ0v) is 14.5. The highest BCUT2D eigenvalue weighted by Gasteiger charge is 2.21. The number of carbonyl (C=O) groups excluding carboxylic acids is 1. The standard InChI is InChI=1S/C18H16O10/c1-9(27-18(25)13-5-4-12(20)7-15(13)17(23)24)28-26-8-10-2-3-11(19)6-14(10)16(21)22/h2-7,9,19-20H,8H2,1H3,(H,21,22)(H,23,24). The topological polar surface area (TPSA) is 160 Å². The number of carboxylic acids is 2. The molecule has 0 heterocycles. The van der Waals surface area contributed by atoms with E-state index in [4.69, 9.17) is 24.7 Å². The number of ether oxygens (including phenoxy) is 1. The van der Waals surface area contributed by atoms with Gasteiger partial charge in [0.15, 0.2) is 0 Å². The van der Waals surface area contributed by atoms with Crippen molar-refractivity contribution < 1.29 is 49.3 Å². The van der Waals surface area contributed by atoms with Crippen LogP contribution >= 0.6 is 0 Å². The smallest absolute Gasteiger partial charge is 0.341 e. The second-order valence-electron chi connectivity index (χ2n) is 5.51. The summed E-state index contributed by atoms with van der Waals surface area (Å²) in [6, 6.07) is 6.76. The summed E-state index contributed by atoms with van der Waals surface area (Å²) in [5.74, 6) is -4.29. The van der Waals surface area contributed by atoms with Gasteiger partial charge in [0, 0.05) is 6.92 Å². The summed E-state index contributed by atoms with van der Waals surface area (Å²) in [5.41, 5.74) is -0.736. The quantitative estimate of drug-likeness (QED) is 0.227. The Morgan fingerprint density at radius 1 is 0.893 bits per heavy atom. The molecule has 0 aliphatic rings. The lowest BCUT2D eigenvalue weighted by Gasteiger charge is -2.14. The van der Waals surface area contributed by atoms with Gasteiger partial charge in [-0.3, -0.25) is 0 Å². The summed E-state index contributed by atoms with van der Waals surface area (Å²) in [5, 5.41) is 36.9. The van der Waals surface area contributed by atoms with E-state index in [9.17, 15) is 24.6 Å². The SMILES string of the molecule is CC(OOCc1ccc(O)cc1C(=O)O)OC(=O)c1ccc(O)cc1C(=O)O. The molecule has 0 aliphatic heterocycles. The molecule has 0 bridgehead atoms. The van der Waals surface area contributed by atoms with Crippen molar-refractivity contribution >= 4 is 17.9 Å². The van der Waals surface area contributed by atoms with Gasteiger partial charge in [-0.2, -0.15) is 4.89 Å². The van der Waals surface area contributed by atoms with E-state index in [1.54, 1.807) is 0 Å². The fraction of sp³-hybridized carbons (Fsp3) is 0.167. The summed E-state index contributed by atoms with van der Waals surface area (Å²) < 4.78 is 4.91. The van der Waals surface area contributed by atoms with Gasteiger partial charge in [-0.1, -0.05) is 6.07 Å². The van der Waals surface area contributed by atoms with Gasteiger partial charge in [0.1, 0.15) is 18.1 Å². The minimum absolute atomic E-state index is 0.191. The van der Waals surface area contributed by atoms with E-state index in [2.05, 4.69) is 0 Å². The first-order valence-electron chi connectivity index (χ1n) is 7.79. The van der Waals surface area contributed by atoms with E-state index in [0.29, 0.717) is 0 Å². The van der Waals surface area contributed by atoms with Crippen molar-refractivity contribution in [3.8, 4) is 11.5 Å². The molecule has 0 amide bonds. The molecule has 0 spiro atoms. The van der Waals surface area contributed by atoms with Gasteiger partial charge in [-0.05, 0) is 35.9 Å². The first-order valence-corrected chi connectivity index (χ1v) is 7.79. The van der Waals surface area contributed by atoms with Crippen molar-refractivity contribution in [2.24, 2.45) is 0 Å². The lowest BCUT2D eigenvalue weighted by molar-refractivity contribution is -0.369. The van der Waals surface area contributed by atoms with Crippen LogP contribution in [0.4, 0.5) is 0 Å². The fourth-order valence-corrected chi connectivity index (χ4v) is 2.20. The molecule has 10 heteroatoms. The summed E-state index contributed by atoms with van der Waals surface area (Å²) >= 11 is 0. The minimum atomic E-state index is -1.43. The fourth-order valence-electron chi connectivity index (χ4n) is 2.20. The Morgan fingerprint density at radius 3 is 2.07 bits per heavy atom. The minimum Gasteiger partial charge on any atom is -0.508 e. The third kappa shape index (κ3) is 5.19. The van der Waals surface area contributed by atoms with Crippen LogP contribution in [0.2, 0.25) is 0 Å². The number of carboxylic acid groups (broad SMARTS) is 2. The van der Waals surface area contributed by atoms with Crippen LogP contribution in [0.15, 0.2) is 36.4 Å². The molecule has 2 rings (SSSR count). The average molecular weight is 392 g/mol. The van der Waals surface area contributed by atoms with Gasteiger partial charge in [-0.25, -0.2) is 19.3 Å². The molecule has 28 heavy (non-hydrogen) atoms. The summed E-state index contributed by atoms with van der Waals surface area (Å²) in [7, 11) is 0. The van der Waals surface area contributed by atoms with E-state index in [0.717, 1.165) is 24.3 Å². The number of benzene rings is 2. The van der Waals surface area contributed by atoms with E-state index < -0.39 is 29.8 Å². The predicted molar refractivity (Wildman–Crippen MR) is 90.9 cm³/mol. The Labute approximate surface area is 158 Å². The molecule has 0 radical (unpaired) electrons. The largest absolute Gasteiger partial charge is 0.508 e. The zero-order valence-electron chi connectivity index (χ0n) is 14.5. The molecule has 10 nitrogen and oxygen atoms in total. The average Bonchev–Trinajstić information content (AvgIpc) is 2.62. The Bertz CT molecular complexity index is 905. The number of phenolic OH excluding ortho intramolecular Hbond substituents is 2. The maximum atomic E-state index is 12.1. The molecule has 0 saturated heterocycles. The molecule has 1 atom stereocenters. The second-order valence-corrected chi connectivity index (χ2v) is 5.51. The number of carbonyl (C=O) groups is 3. The molecule has 2 aromatic rings. The van der Waals surface area contributed by atoms with Crippen LogP contribution in [-0.4, -0.2) is 44.6 Å². The molecule has 0 aromatic heterocycles. The zero-order chi connectivity index (χ0) is 20.8. The van der Waals surface area contributed by atoms with Crippen molar-refractivity contribution in [3.63, 3.8) is 0 Å². The van der Waals surface area contributed by atoms with Crippen LogP contribution in [0.25, 0.3) is 0 Å². The first kappa shape index (κ1) is 20.7. The Morgan fingerprint density at radius 2 is 1.46 bits per heavy atom. The molecule has 0 fully saturated rings. The Kier molecular flexibility index (Phi) is 6.53. The number of hydrogen-bond donors (Lipinski definition) is 4. The van der Waals surface area contributed by atoms with E-state index in [1.165, 1.54) is 19.1 Å². The van der Waals surface area contributed by atoms with Crippen molar-refractivity contribution in [3.05, 3.63) is 58.7 Å². The number of phenols is 2. The Balaban J connectivity index is 1.97. The highest BCUT2D eigenvalue weighted by molar-refractivity contribution is 6.02. The first-order chi connectivity index (χ1) is 13.2. The Hall–Kier alpha value is -3.63. The highest BCUT2D eigenvalue weighted by Crippen LogP contribution is 2.20. The van der Waals surface area contributed by atoms with Gasteiger partial charge in [0.25, 0.3) is 0 Å². The van der Waals surface area contributed by atoms with Crippen LogP contribution < -0.4 is 0 Å². The lowest BCUT2D eigenvalue weighted by atomic mass is 10.1. The van der Waals surface area contributed by atoms with Crippen molar-refractivity contribution in [1.29, 1.82) is 0 Å². The third-order valence-electron chi connectivity index (χ3n) is 3.47. The number of rotatable bonds is 8. The lowest BCUT2D eigenvalue weighted by Crippen LogP contribution is -2.20. The number of aromatic carboxylic acids is 2. The number of aromatic hydroxyl groups is 2. The van der Waals surface area contributed by atoms with Crippen molar-refractivity contribution in [2.75, 3.05) is 0 Å². The van der Waals surface area contributed by atoms with Gasteiger partial charge < -0.3 is 25.2 Å². The molecule has 0 aliphatic carbocycles. The maximum absolute atomic E-state index is 12.1. The predicted octanol–water partition coefficient (Wildman–Crippen LogP) is 2.15. The summed E-state index contributed by atoms with van der Waals surface area (Å²) in [6.45, 7) is 0.983. The molecule has 0 saturated carbocycles. The maximum Gasteiger partial charge on any atom is 0.341 e. The highest BCUT2D eigenvalue weighted by atomic mass is 17.2. The van der Waals surface area contributed by atoms with Gasteiger partial charge in [-0.15, -0.1) is 0 Å². The molecule has 148 valence electrons. The monoisotopic (exact) mass is 392 g/mol. The van der Waals surface area contributed by atoms with Crippen LogP contribution in [0.5, 0.6) is 11.5 Å². The van der Waals surface area contributed by atoms with Gasteiger partial charge in [0.2, 0.25) is 6.29 Å². The summed E-state index contributed by atoms with van der Waals surface area (Å²) in [4.78, 5) is 44.1. The normalized spacial score (nSPS) is 11.6. The second kappa shape index (κ2) is 8.84. The van der Waals surface area contributed by atoms with Crippen LogP contribution in [0.3, 0.4) is 0 Å². The van der Waals surface area contributed by atoms with Gasteiger partial charge >= 0.3 is 17.9 Å². The number of esters is 1. The molecular weight excluding hydrogens is 376 g/mol. The van der Waals surface area contributed by atoms with E-state index >= 15 is 0 Å². The third-order valence-corrected chi connectivity index (χ3v) is 3.47. The van der Waals surface area contributed by atoms with Crippen molar-refractivity contribution in [2.45, 2.75) is 19.8 Å². The van der Waals surface area contributed by atoms with E-state index in [1.807, 2.05) is 0 Å². The summed E-state index contributed by atoms with van der Waals surface area (Å²) in [6.07, 6.45) is -1.26. The van der Waals surface area contributed by atoms with Crippen LogP contribution in [-0.2, 0) is 21.1 Å². The number of hydrogen-bond acceptors (Lipinski definition) is 8. The van der Waals surface area contributed by atoms with Crippen LogP contribution in [0, 0.1) is 0 Å². The molecular formula is C18H16O10. The van der Waals surface area contributed by atoms with E-state index in [-0.39, 0.29) is 34.8 Å². The van der Waals surface area contributed by atoms with Gasteiger partial charge in [0.05, 0.1) is 16.7 Å². The van der Waals surface area contributed by atoms with Crippen LogP contribution in [0.1, 0.15) is 43.6 Å². The molecule has 1 unspecified atom stereocenters. The molecule has 2 aromatic carbocycles. The molecule has 4 N–H and O–H groups in total. The van der Waals surface area contributed by atoms with Crippen molar-refractivity contribution in [1.82, 2.24) is 0 Å².